The molecule has 0 aliphatic heterocycles. The first-order valence-electron chi connectivity index (χ1n) is 5.58. The molecule has 0 amide bonds. The third-order valence-corrected chi connectivity index (χ3v) is 2.81. The van der Waals surface area contributed by atoms with Crippen LogP contribution in [-0.2, 0) is 0 Å². The van der Waals surface area contributed by atoms with Gasteiger partial charge in [0, 0.05) is 11.5 Å². The molecular formula is C13H17N3. The molecule has 0 saturated carbocycles. The minimum Gasteiger partial charge on any atom is -0.262 e. The van der Waals surface area contributed by atoms with E-state index in [4.69, 9.17) is 0 Å². The van der Waals surface area contributed by atoms with Crippen LogP contribution in [0.25, 0.3) is 11.4 Å². The lowest BCUT2D eigenvalue weighted by atomic mass is 10.1. The lowest BCUT2D eigenvalue weighted by Gasteiger charge is -2.01. The summed E-state index contributed by atoms with van der Waals surface area (Å²) in [6.07, 6.45) is 0. The zero-order valence-electron chi connectivity index (χ0n) is 10.2. The fraction of sp³-hybridized carbons (Fsp3) is 0.385. The van der Waals surface area contributed by atoms with Gasteiger partial charge in [0.25, 0.3) is 0 Å². The van der Waals surface area contributed by atoms with Crippen molar-refractivity contribution in [1.82, 2.24) is 15.2 Å². The molecule has 0 unspecified atom stereocenters. The number of aromatic nitrogens is 3. The van der Waals surface area contributed by atoms with Gasteiger partial charge in [-0.15, -0.1) is 0 Å². The highest BCUT2D eigenvalue weighted by Crippen LogP contribution is 2.20. The highest BCUT2D eigenvalue weighted by Gasteiger charge is 2.08. The van der Waals surface area contributed by atoms with Gasteiger partial charge >= 0.3 is 0 Å². The summed E-state index contributed by atoms with van der Waals surface area (Å²) in [7, 11) is 0. The molecule has 84 valence electrons. The van der Waals surface area contributed by atoms with Crippen molar-refractivity contribution in [3.05, 3.63) is 35.2 Å². The summed E-state index contributed by atoms with van der Waals surface area (Å²) in [5.41, 5.74) is 3.64. The summed E-state index contributed by atoms with van der Waals surface area (Å²) in [5, 5.41) is 7.22. The number of hydrogen-bond donors (Lipinski definition) is 1. The molecule has 0 aliphatic rings. The molecule has 3 nitrogen and oxygen atoms in total. The van der Waals surface area contributed by atoms with E-state index in [1.165, 1.54) is 11.1 Å². The molecule has 2 rings (SSSR count). The molecule has 3 heteroatoms. The van der Waals surface area contributed by atoms with Crippen LogP contribution in [0.1, 0.15) is 36.7 Å². The number of hydrogen-bond acceptors (Lipinski definition) is 2. The van der Waals surface area contributed by atoms with Crippen molar-refractivity contribution < 1.29 is 0 Å². The predicted molar refractivity (Wildman–Crippen MR) is 65.4 cm³/mol. The minimum atomic E-state index is 0.382. The van der Waals surface area contributed by atoms with Crippen LogP contribution >= 0.6 is 0 Å². The second-order valence-electron chi connectivity index (χ2n) is 4.50. The average Bonchev–Trinajstić information content (AvgIpc) is 2.71. The van der Waals surface area contributed by atoms with Crippen molar-refractivity contribution in [3.63, 3.8) is 0 Å². The first kappa shape index (κ1) is 10.9. The van der Waals surface area contributed by atoms with Crippen LogP contribution in [0.4, 0.5) is 0 Å². The van der Waals surface area contributed by atoms with Gasteiger partial charge in [0.2, 0.25) is 0 Å². The zero-order chi connectivity index (χ0) is 11.7. The van der Waals surface area contributed by atoms with Crippen LogP contribution in [0.3, 0.4) is 0 Å². The van der Waals surface area contributed by atoms with Crippen LogP contribution in [-0.4, -0.2) is 15.2 Å². The molecule has 0 saturated heterocycles. The standard InChI is InChI=1S/C13H17N3/c1-8(2)12-14-13(16-15-12)11-6-5-9(3)10(4)7-11/h5-8H,1-4H3,(H,14,15,16). The summed E-state index contributed by atoms with van der Waals surface area (Å²) in [6, 6.07) is 6.30. The van der Waals surface area contributed by atoms with Gasteiger partial charge in [0.1, 0.15) is 5.82 Å². The molecule has 1 heterocycles. The summed E-state index contributed by atoms with van der Waals surface area (Å²) < 4.78 is 0. The van der Waals surface area contributed by atoms with Gasteiger partial charge in [-0.3, -0.25) is 5.10 Å². The maximum atomic E-state index is 4.48. The Labute approximate surface area is 95.9 Å². The van der Waals surface area contributed by atoms with Crippen molar-refractivity contribution in [2.45, 2.75) is 33.6 Å². The van der Waals surface area contributed by atoms with E-state index in [1.54, 1.807) is 0 Å². The third kappa shape index (κ3) is 1.98. The Bertz CT molecular complexity index is 498. The van der Waals surface area contributed by atoms with E-state index in [2.05, 4.69) is 61.1 Å². The summed E-state index contributed by atoms with van der Waals surface area (Å²) >= 11 is 0. The van der Waals surface area contributed by atoms with Crippen molar-refractivity contribution in [2.75, 3.05) is 0 Å². The van der Waals surface area contributed by atoms with E-state index in [9.17, 15) is 0 Å². The largest absolute Gasteiger partial charge is 0.262 e. The van der Waals surface area contributed by atoms with Crippen LogP contribution in [0, 0.1) is 13.8 Å². The molecular weight excluding hydrogens is 198 g/mol. The van der Waals surface area contributed by atoms with Gasteiger partial charge in [-0.1, -0.05) is 26.0 Å². The highest BCUT2D eigenvalue weighted by atomic mass is 15.2. The molecule has 2 aromatic rings. The Morgan fingerprint density at radius 3 is 2.44 bits per heavy atom. The molecule has 0 spiro atoms. The Balaban J connectivity index is 2.39. The first-order valence-corrected chi connectivity index (χ1v) is 5.58. The van der Waals surface area contributed by atoms with Crippen LogP contribution in [0.15, 0.2) is 18.2 Å². The number of H-pyrrole nitrogens is 1. The normalized spacial score (nSPS) is 11.1. The number of benzene rings is 1. The molecule has 0 atom stereocenters. The maximum Gasteiger partial charge on any atom is 0.181 e. The number of nitrogens with zero attached hydrogens (tertiary/aromatic N) is 2. The van der Waals surface area contributed by atoms with Crippen molar-refractivity contribution >= 4 is 0 Å². The van der Waals surface area contributed by atoms with Crippen LogP contribution in [0.5, 0.6) is 0 Å². The predicted octanol–water partition coefficient (Wildman–Crippen LogP) is 3.21. The summed E-state index contributed by atoms with van der Waals surface area (Å²) in [4.78, 5) is 4.48. The third-order valence-electron chi connectivity index (χ3n) is 2.81. The molecule has 1 aromatic heterocycles. The van der Waals surface area contributed by atoms with Gasteiger partial charge in [0.15, 0.2) is 5.82 Å². The first-order chi connectivity index (χ1) is 7.58. The van der Waals surface area contributed by atoms with E-state index in [1.807, 2.05) is 0 Å². The Hall–Kier alpha value is -1.64. The fourth-order valence-corrected chi connectivity index (χ4v) is 1.54. The molecule has 0 radical (unpaired) electrons. The molecule has 16 heavy (non-hydrogen) atoms. The lowest BCUT2D eigenvalue weighted by molar-refractivity contribution is 0.781. The lowest BCUT2D eigenvalue weighted by Crippen LogP contribution is -1.89. The number of rotatable bonds is 2. The van der Waals surface area contributed by atoms with E-state index < -0.39 is 0 Å². The van der Waals surface area contributed by atoms with E-state index in [-0.39, 0.29) is 0 Å². The maximum absolute atomic E-state index is 4.48. The van der Waals surface area contributed by atoms with Crippen molar-refractivity contribution in [3.8, 4) is 11.4 Å². The van der Waals surface area contributed by atoms with Crippen LogP contribution < -0.4 is 0 Å². The molecule has 0 fully saturated rings. The highest BCUT2D eigenvalue weighted by molar-refractivity contribution is 5.56. The summed E-state index contributed by atoms with van der Waals surface area (Å²) in [5.74, 6) is 2.10. The summed E-state index contributed by atoms with van der Waals surface area (Å²) in [6.45, 7) is 8.42. The smallest absolute Gasteiger partial charge is 0.181 e. The number of aryl methyl sites for hydroxylation is 2. The second kappa shape index (κ2) is 4.08. The average molecular weight is 215 g/mol. The van der Waals surface area contributed by atoms with Gasteiger partial charge in [0.05, 0.1) is 0 Å². The van der Waals surface area contributed by atoms with Crippen LogP contribution in [0.2, 0.25) is 0 Å². The minimum absolute atomic E-state index is 0.382. The SMILES string of the molecule is Cc1ccc(-c2n[nH]c(C(C)C)n2)cc1C. The van der Waals surface area contributed by atoms with Gasteiger partial charge in [-0.25, -0.2) is 4.98 Å². The molecule has 1 aromatic carbocycles. The number of nitrogens with one attached hydrogen (secondary N) is 1. The van der Waals surface area contributed by atoms with Crippen molar-refractivity contribution in [2.24, 2.45) is 0 Å². The fourth-order valence-electron chi connectivity index (χ4n) is 1.54. The number of aromatic amines is 1. The molecule has 0 bridgehead atoms. The van der Waals surface area contributed by atoms with Crippen molar-refractivity contribution in [1.29, 1.82) is 0 Å². The Kier molecular flexibility index (Phi) is 2.77. The van der Waals surface area contributed by atoms with E-state index in [0.717, 1.165) is 17.2 Å². The topological polar surface area (TPSA) is 41.6 Å². The molecule has 1 N–H and O–H groups in total. The van der Waals surface area contributed by atoms with E-state index >= 15 is 0 Å². The van der Waals surface area contributed by atoms with Gasteiger partial charge in [-0.2, -0.15) is 5.10 Å². The monoisotopic (exact) mass is 215 g/mol. The van der Waals surface area contributed by atoms with Gasteiger partial charge in [-0.05, 0) is 31.0 Å². The Morgan fingerprint density at radius 2 is 1.88 bits per heavy atom. The quantitative estimate of drug-likeness (QED) is 0.835. The van der Waals surface area contributed by atoms with Gasteiger partial charge < -0.3 is 0 Å². The van der Waals surface area contributed by atoms with E-state index in [0.29, 0.717) is 5.92 Å². The second-order valence-corrected chi connectivity index (χ2v) is 4.50. The zero-order valence-corrected chi connectivity index (χ0v) is 10.2. The Morgan fingerprint density at radius 1 is 1.12 bits per heavy atom. The molecule has 0 aliphatic carbocycles.